The third-order valence-corrected chi connectivity index (χ3v) is 8.79. The van der Waals surface area contributed by atoms with Crippen molar-refractivity contribution in [2.75, 3.05) is 65.2 Å². The van der Waals surface area contributed by atoms with Gasteiger partial charge in [-0.3, -0.25) is 10.1 Å². The number of sulfone groups is 1. The average molecular weight is 606 g/mol. The van der Waals surface area contributed by atoms with Crippen molar-refractivity contribution in [3.8, 4) is 5.88 Å². The molecule has 1 fully saturated rings. The number of ether oxygens (including phenoxy) is 3. The molecule has 0 unspecified atom stereocenters. The van der Waals surface area contributed by atoms with E-state index in [4.69, 9.17) is 19.0 Å². The molecule has 4 rings (SSSR count). The number of rotatable bonds is 15. The fraction of sp³-hybridized carbons (Fsp3) is 0.481. The molecule has 2 aromatic heterocycles. The summed E-state index contributed by atoms with van der Waals surface area (Å²) in [6, 6.07) is 9.53. The van der Waals surface area contributed by atoms with Gasteiger partial charge in [0.05, 0.1) is 30.5 Å². The number of carbonyl (C=O) groups excluding carboxylic acids is 1. The number of benzene rings is 1. The molecular formula is C27H35N5O7S2. The highest BCUT2D eigenvalue weighted by Crippen LogP contribution is 2.27. The predicted octanol–water partition coefficient (Wildman–Crippen LogP) is 2.98. The molecule has 1 aliphatic heterocycles. The van der Waals surface area contributed by atoms with Gasteiger partial charge in [0.15, 0.2) is 26.8 Å². The smallest absolute Gasteiger partial charge is 0.280 e. The molecule has 12 nitrogen and oxygen atoms in total. The summed E-state index contributed by atoms with van der Waals surface area (Å²) in [4.78, 5) is 30.8. The second-order valence-corrected chi connectivity index (χ2v) is 12.8. The van der Waals surface area contributed by atoms with Crippen LogP contribution < -0.4 is 10.1 Å². The lowest BCUT2D eigenvalue weighted by Crippen LogP contribution is -2.25. The van der Waals surface area contributed by atoms with Crippen molar-refractivity contribution in [3.05, 3.63) is 42.0 Å². The number of hydrogen-bond acceptors (Lipinski definition) is 12. The van der Waals surface area contributed by atoms with Crippen LogP contribution in [0, 0.1) is 0 Å². The van der Waals surface area contributed by atoms with Crippen molar-refractivity contribution in [2.24, 2.45) is 5.16 Å². The summed E-state index contributed by atoms with van der Waals surface area (Å²) in [6.07, 6.45) is 1.63. The lowest BCUT2D eigenvalue weighted by molar-refractivity contribution is -0.110. The van der Waals surface area contributed by atoms with Crippen LogP contribution in [-0.2, 0) is 28.9 Å². The monoisotopic (exact) mass is 605 g/mol. The third-order valence-electron chi connectivity index (χ3n) is 6.09. The number of nitrogens with zero attached hydrogens (tertiary/aromatic N) is 4. The number of nitrogens with one attached hydrogen (secondary N) is 1. The van der Waals surface area contributed by atoms with Crippen LogP contribution in [0.3, 0.4) is 0 Å². The zero-order valence-electron chi connectivity index (χ0n) is 23.4. The predicted molar refractivity (Wildman–Crippen MR) is 157 cm³/mol. The van der Waals surface area contributed by atoms with E-state index in [9.17, 15) is 13.2 Å². The molecule has 1 amide bonds. The Labute approximate surface area is 243 Å². The summed E-state index contributed by atoms with van der Waals surface area (Å²) in [7, 11) is 2.05. The number of amides is 1. The minimum Gasteiger partial charge on any atom is -0.478 e. The first kappa shape index (κ1) is 30.8. The summed E-state index contributed by atoms with van der Waals surface area (Å²) in [6.45, 7) is 2.73. The summed E-state index contributed by atoms with van der Waals surface area (Å²) in [5.74, 6) is -0.107. The van der Waals surface area contributed by atoms with Gasteiger partial charge < -0.3 is 23.9 Å². The number of hydrogen-bond donors (Lipinski definition) is 1. The first-order chi connectivity index (χ1) is 19.7. The molecule has 3 aromatic rings. The number of anilines is 1. The van der Waals surface area contributed by atoms with E-state index in [0.29, 0.717) is 66.2 Å². The van der Waals surface area contributed by atoms with E-state index < -0.39 is 15.7 Å². The van der Waals surface area contributed by atoms with Crippen LogP contribution in [0.2, 0.25) is 0 Å². The molecule has 1 aromatic carbocycles. The molecule has 1 N–H and O–H groups in total. The fourth-order valence-electron chi connectivity index (χ4n) is 3.93. The number of thiazole rings is 1. The summed E-state index contributed by atoms with van der Waals surface area (Å²) >= 11 is 1.21. The number of aromatic nitrogens is 2. The SMILES string of the molecule is COCCCS(=O)(=O)c1ccc(C(=NO[C@@H]2CCOC2)C(=O)Nc2nc3ccc(OCCCN(C)C)nc3s2)cc1. The van der Waals surface area contributed by atoms with E-state index >= 15 is 0 Å². The molecule has 0 radical (unpaired) electrons. The summed E-state index contributed by atoms with van der Waals surface area (Å²) in [5.41, 5.74) is 0.995. The Kier molecular flexibility index (Phi) is 11.0. The number of methoxy groups -OCH3 is 1. The van der Waals surface area contributed by atoms with E-state index in [1.165, 1.54) is 42.7 Å². The molecule has 0 spiro atoms. The Balaban J connectivity index is 1.49. The van der Waals surface area contributed by atoms with Gasteiger partial charge in [0, 0.05) is 38.3 Å². The third kappa shape index (κ3) is 8.91. The second kappa shape index (κ2) is 14.6. The highest BCUT2D eigenvalue weighted by Gasteiger charge is 2.22. The van der Waals surface area contributed by atoms with Crippen LogP contribution in [0.1, 0.15) is 24.8 Å². The fourth-order valence-corrected chi connectivity index (χ4v) is 6.04. The number of fused-ring (bicyclic) bond motifs is 1. The van der Waals surface area contributed by atoms with Gasteiger partial charge in [0.1, 0.15) is 10.3 Å². The van der Waals surface area contributed by atoms with Crippen molar-refractivity contribution in [3.63, 3.8) is 0 Å². The molecule has 222 valence electrons. The molecule has 0 saturated carbocycles. The van der Waals surface area contributed by atoms with Gasteiger partial charge in [-0.15, -0.1) is 0 Å². The zero-order chi connectivity index (χ0) is 29.2. The van der Waals surface area contributed by atoms with Crippen LogP contribution in [0.15, 0.2) is 46.4 Å². The lowest BCUT2D eigenvalue weighted by atomic mass is 10.1. The summed E-state index contributed by atoms with van der Waals surface area (Å²) < 4.78 is 41.3. The van der Waals surface area contributed by atoms with Gasteiger partial charge >= 0.3 is 0 Å². The van der Waals surface area contributed by atoms with Crippen molar-refractivity contribution in [1.82, 2.24) is 14.9 Å². The molecule has 0 aliphatic carbocycles. The van der Waals surface area contributed by atoms with Gasteiger partial charge in [-0.1, -0.05) is 28.6 Å². The van der Waals surface area contributed by atoms with Gasteiger partial charge in [-0.05, 0) is 45.1 Å². The van der Waals surface area contributed by atoms with E-state index in [1.807, 2.05) is 14.1 Å². The zero-order valence-corrected chi connectivity index (χ0v) is 25.0. The van der Waals surface area contributed by atoms with Crippen LogP contribution in [-0.4, -0.2) is 101 Å². The maximum atomic E-state index is 13.4. The Bertz CT molecular complexity index is 1440. The standard InChI is InChI=1S/C27H35N5O7S2/c1-32(2)13-4-15-38-23-11-10-22-26(29-23)40-27(28-22)30-25(33)24(31-39-20-12-16-37-18-20)19-6-8-21(9-7-19)41(34,35)17-5-14-36-3/h6-11,20H,4-5,12-18H2,1-3H3,(H,28,30,33)/t20-/m1/s1. The molecule has 1 atom stereocenters. The van der Waals surface area contributed by atoms with Crippen molar-refractivity contribution < 1.29 is 32.3 Å². The number of pyridine rings is 1. The topological polar surface area (TPSA) is 142 Å². The van der Waals surface area contributed by atoms with Crippen molar-refractivity contribution in [2.45, 2.75) is 30.3 Å². The Hall–Kier alpha value is -3.17. The molecule has 0 bridgehead atoms. The normalized spacial score (nSPS) is 15.9. The van der Waals surface area contributed by atoms with Crippen molar-refractivity contribution in [1.29, 1.82) is 0 Å². The highest BCUT2D eigenvalue weighted by atomic mass is 32.2. The Morgan fingerprint density at radius 2 is 1.95 bits per heavy atom. The van der Waals surface area contributed by atoms with Gasteiger partial charge in [-0.2, -0.15) is 0 Å². The molecule has 1 aliphatic rings. The van der Waals surface area contributed by atoms with E-state index in [2.05, 4.69) is 25.3 Å². The van der Waals surface area contributed by atoms with Crippen molar-refractivity contribution >= 4 is 48.3 Å². The lowest BCUT2D eigenvalue weighted by Gasteiger charge is -2.10. The molecule has 41 heavy (non-hydrogen) atoms. The van der Waals surface area contributed by atoms with Gasteiger partial charge in [-0.25, -0.2) is 18.4 Å². The van der Waals surface area contributed by atoms with Crippen LogP contribution in [0.4, 0.5) is 5.13 Å². The number of oxime groups is 1. The molecule has 1 saturated heterocycles. The maximum Gasteiger partial charge on any atom is 0.280 e. The highest BCUT2D eigenvalue weighted by molar-refractivity contribution is 7.91. The van der Waals surface area contributed by atoms with Crippen LogP contribution >= 0.6 is 11.3 Å². The average Bonchev–Trinajstić information content (AvgIpc) is 3.61. The van der Waals surface area contributed by atoms with E-state index in [0.717, 1.165) is 13.0 Å². The Morgan fingerprint density at radius 3 is 2.66 bits per heavy atom. The van der Waals surface area contributed by atoms with E-state index in [1.54, 1.807) is 12.1 Å². The van der Waals surface area contributed by atoms with Gasteiger partial charge in [0.2, 0.25) is 5.88 Å². The molecule has 3 heterocycles. The molecule has 14 heteroatoms. The second-order valence-electron chi connectivity index (χ2n) is 9.67. The van der Waals surface area contributed by atoms with E-state index in [-0.39, 0.29) is 22.5 Å². The minimum atomic E-state index is -3.49. The summed E-state index contributed by atoms with van der Waals surface area (Å²) in [5, 5.41) is 7.25. The minimum absolute atomic E-state index is 0.0163. The quantitative estimate of drug-likeness (QED) is 0.156. The van der Waals surface area contributed by atoms with Crippen LogP contribution in [0.5, 0.6) is 5.88 Å². The molecular weight excluding hydrogens is 570 g/mol. The van der Waals surface area contributed by atoms with Crippen LogP contribution in [0.25, 0.3) is 10.3 Å². The number of carbonyl (C=O) groups is 1. The Morgan fingerprint density at radius 1 is 1.15 bits per heavy atom. The first-order valence-electron chi connectivity index (χ1n) is 13.3. The first-order valence-corrected chi connectivity index (χ1v) is 15.7. The van der Waals surface area contributed by atoms with Gasteiger partial charge in [0.25, 0.3) is 5.91 Å². The largest absolute Gasteiger partial charge is 0.478 e. The maximum absolute atomic E-state index is 13.4.